The molecule has 6 nitrogen and oxygen atoms in total. The van der Waals surface area contributed by atoms with Crippen molar-refractivity contribution >= 4 is 25.5 Å². The predicted molar refractivity (Wildman–Crippen MR) is 72.9 cm³/mol. The van der Waals surface area contributed by atoms with Gasteiger partial charge in [-0.25, -0.2) is 16.8 Å². The van der Waals surface area contributed by atoms with Crippen molar-refractivity contribution in [3.63, 3.8) is 0 Å². The Bertz CT molecular complexity index is 682. The molecule has 0 amide bonds. The van der Waals surface area contributed by atoms with E-state index in [2.05, 4.69) is 0 Å². The first-order valence-corrected chi connectivity index (χ1v) is 9.07. The van der Waals surface area contributed by atoms with E-state index in [0.717, 1.165) is 0 Å². The maximum Gasteiger partial charge on any atom is 0.245 e. The molecule has 0 aromatic heterocycles. The van der Waals surface area contributed by atoms with E-state index in [1.54, 1.807) is 19.1 Å². The fourth-order valence-electron chi connectivity index (χ4n) is 2.18. The molecule has 0 aliphatic carbocycles. The second-order valence-electron chi connectivity index (χ2n) is 4.62. The van der Waals surface area contributed by atoms with E-state index in [1.165, 1.54) is 16.4 Å². The van der Waals surface area contributed by atoms with Gasteiger partial charge in [0, 0.05) is 12.6 Å². The quantitative estimate of drug-likeness (QED) is 0.780. The highest BCUT2D eigenvalue weighted by molar-refractivity contribution is 7.92. The average Bonchev–Trinajstić information content (AvgIpc) is 2.27. The molecule has 0 spiro atoms. The number of sulfonamides is 1. The molecular formula is C11H16N2O4S2. The highest BCUT2D eigenvalue weighted by atomic mass is 32.2. The van der Waals surface area contributed by atoms with E-state index in [1.807, 2.05) is 0 Å². The summed E-state index contributed by atoms with van der Waals surface area (Å²) in [5, 5.41) is 0. The summed E-state index contributed by atoms with van der Waals surface area (Å²) in [4.78, 5) is 0.0288. The normalized spacial score (nSPS) is 24.2. The number of nitrogens with zero attached hydrogens (tertiary/aromatic N) is 1. The molecule has 1 aliphatic heterocycles. The van der Waals surface area contributed by atoms with Crippen molar-refractivity contribution in [1.29, 1.82) is 0 Å². The van der Waals surface area contributed by atoms with Crippen LogP contribution < -0.4 is 5.73 Å². The summed E-state index contributed by atoms with van der Waals surface area (Å²) >= 11 is 0. The molecular weight excluding hydrogens is 288 g/mol. The third kappa shape index (κ3) is 2.75. The average molecular weight is 304 g/mol. The molecule has 2 N–H and O–H groups in total. The van der Waals surface area contributed by atoms with Crippen LogP contribution in [0.4, 0.5) is 5.69 Å². The van der Waals surface area contributed by atoms with Gasteiger partial charge >= 0.3 is 0 Å². The van der Waals surface area contributed by atoms with Gasteiger partial charge in [-0.1, -0.05) is 12.1 Å². The van der Waals surface area contributed by atoms with Crippen LogP contribution in [0.3, 0.4) is 0 Å². The number of para-hydroxylation sites is 1. The number of nitrogen functional groups attached to an aromatic ring is 1. The van der Waals surface area contributed by atoms with Crippen molar-refractivity contribution in [2.45, 2.75) is 17.9 Å². The highest BCUT2D eigenvalue weighted by Gasteiger charge is 2.37. The van der Waals surface area contributed by atoms with Crippen LogP contribution in [-0.2, 0) is 19.9 Å². The lowest BCUT2D eigenvalue weighted by Gasteiger charge is -2.32. The molecule has 1 unspecified atom stereocenters. The van der Waals surface area contributed by atoms with Crippen molar-refractivity contribution in [1.82, 2.24) is 4.31 Å². The van der Waals surface area contributed by atoms with Crippen LogP contribution in [0, 0.1) is 0 Å². The van der Waals surface area contributed by atoms with Gasteiger partial charge in [0.15, 0.2) is 9.84 Å². The minimum absolute atomic E-state index is 0.0276. The second kappa shape index (κ2) is 4.77. The van der Waals surface area contributed by atoms with Gasteiger partial charge in [-0.05, 0) is 19.1 Å². The zero-order valence-electron chi connectivity index (χ0n) is 10.5. The molecule has 0 radical (unpaired) electrons. The first-order chi connectivity index (χ1) is 8.74. The van der Waals surface area contributed by atoms with Crippen LogP contribution >= 0.6 is 0 Å². The summed E-state index contributed by atoms with van der Waals surface area (Å²) in [7, 11) is -6.90. The Balaban J connectivity index is 2.39. The topological polar surface area (TPSA) is 97.5 Å². The van der Waals surface area contributed by atoms with E-state index in [9.17, 15) is 16.8 Å². The summed E-state index contributed by atoms with van der Waals surface area (Å²) in [6.07, 6.45) is 0. The molecule has 1 aromatic carbocycles. The number of sulfone groups is 1. The van der Waals surface area contributed by atoms with Gasteiger partial charge in [0.25, 0.3) is 0 Å². The van der Waals surface area contributed by atoms with Gasteiger partial charge in [0.1, 0.15) is 4.90 Å². The molecule has 2 rings (SSSR count). The monoisotopic (exact) mass is 304 g/mol. The predicted octanol–water partition coefficient (Wildman–Crippen LogP) is 0.0764. The minimum Gasteiger partial charge on any atom is -0.398 e. The summed E-state index contributed by atoms with van der Waals surface area (Å²) in [5.41, 5.74) is 5.86. The third-order valence-electron chi connectivity index (χ3n) is 3.12. The van der Waals surface area contributed by atoms with E-state index in [0.29, 0.717) is 0 Å². The van der Waals surface area contributed by atoms with E-state index >= 15 is 0 Å². The fraction of sp³-hybridized carbons (Fsp3) is 0.455. The van der Waals surface area contributed by atoms with Gasteiger partial charge in [0.2, 0.25) is 10.0 Å². The Kier molecular flexibility index (Phi) is 3.59. The number of hydrogen-bond acceptors (Lipinski definition) is 5. The van der Waals surface area contributed by atoms with E-state index in [-0.39, 0.29) is 28.6 Å². The number of nitrogens with two attached hydrogens (primary N) is 1. The molecule has 1 fully saturated rings. The van der Waals surface area contributed by atoms with E-state index < -0.39 is 25.9 Å². The van der Waals surface area contributed by atoms with Crippen molar-refractivity contribution in [2.75, 3.05) is 23.8 Å². The Morgan fingerprint density at radius 1 is 1.32 bits per heavy atom. The lowest BCUT2D eigenvalue weighted by molar-refractivity contribution is 0.357. The van der Waals surface area contributed by atoms with Crippen LogP contribution in [0.5, 0.6) is 0 Å². The van der Waals surface area contributed by atoms with Gasteiger partial charge in [0.05, 0.1) is 17.2 Å². The largest absolute Gasteiger partial charge is 0.398 e. The summed E-state index contributed by atoms with van der Waals surface area (Å²) in [6.45, 7) is 1.56. The maximum absolute atomic E-state index is 12.5. The summed E-state index contributed by atoms with van der Waals surface area (Å²) < 4.78 is 49.2. The smallest absolute Gasteiger partial charge is 0.245 e. The molecule has 1 atom stereocenters. The molecule has 1 saturated heterocycles. The van der Waals surface area contributed by atoms with Gasteiger partial charge in [-0.15, -0.1) is 0 Å². The Hall–Kier alpha value is -1.12. The molecule has 1 heterocycles. The minimum atomic E-state index is -3.75. The fourth-order valence-corrected chi connectivity index (χ4v) is 5.70. The molecule has 0 saturated carbocycles. The van der Waals surface area contributed by atoms with Crippen molar-refractivity contribution < 1.29 is 16.8 Å². The van der Waals surface area contributed by atoms with Gasteiger partial charge in [-0.3, -0.25) is 0 Å². The molecule has 19 heavy (non-hydrogen) atoms. The zero-order chi connectivity index (χ0) is 14.3. The van der Waals surface area contributed by atoms with Gasteiger partial charge in [-0.2, -0.15) is 4.31 Å². The Morgan fingerprint density at radius 3 is 2.53 bits per heavy atom. The van der Waals surface area contributed by atoms with Crippen molar-refractivity contribution in [2.24, 2.45) is 0 Å². The lowest BCUT2D eigenvalue weighted by atomic mass is 10.3. The van der Waals surface area contributed by atoms with E-state index in [4.69, 9.17) is 5.73 Å². The van der Waals surface area contributed by atoms with Crippen LogP contribution in [0.1, 0.15) is 6.92 Å². The Labute approximate surface area is 113 Å². The SMILES string of the molecule is CC1CS(=O)(=O)CCN1S(=O)(=O)c1ccccc1N. The second-order valence-corrected chi connectivity index (χ2v) is 8.70. The Morgan fingerprint density at radius 2 is 1.95 bits per heavy atom. The molecule has 0 bridgehead atoms. The number of rotatable bonds is 2. The van der Waals surface area contributed by atoms with Gasteiger partial charge < -0.3 is 5.73 Å². The molecule has 8 heteroatoms. The van der Waals surface area contributed by atoms with Crippen molar-refractivity contribution in [3.05, 3.63) is 24.3 Å². The van der Waals surface area contributed by atoms with Crippen LogP contribution in [-0.4, -0.2) is 45.2 Å². The molecule has 106 valence electrons. The third-order valence-corrected chi connectivity index (χ3v) is 7.00. The lowest BCUT2D eigenvalue weighted by Crippen LogP contribution is -2.49. The zero-order valence-corrected chi connectivity index (χ0v) is 12.1. The van der Waals surface area contributed by atoms with Crippen LogP contribution in [0.15, 0.2) is 29.2 Å². The van der Waals surface area contributed by atoms with Crippen LogP contribution in [0.2, 0.25) is 0 Å². The molecule has 1 aliphatic rings. The summed E-state index contributed by atoms with van der Waals surface area (Å²) in [6, 6.07) is 5.61. The number of anilines is 1. The first-order valence-electron chi connectivity index (χ1n) is 5.81. The first kappa shape index (κ1) is 14.3. The number of benzene rings is 1. The highest BCUT2D eigenvalue weighted by Crippen LogP contribution is 2.25. The number of hydrogen-bond donors (Lipinski definition) is 1. The van der Waals surface area contributed by atoms with Crippen LogP contribution in [0.25, 0.3) is 0 Å². The maximum atomic E-state index is 12.5. The summed E-state index contributed by atoms with van der Waals surface area (Å²) in [5.74, 6) is -0.303. The standard InChI is InChI=1S/C11H16N2O4S2/c1-9-8-18(14,15)7-6-13(9)19(16,17)11-5-3-2-4-10(11)12/h2-5,9H,6-8,12H2,1H3. The van der Waals surface area contributed by atoms with Crippen molar-refractivity contribution in [3.8, 4) is 0 Å². The molecule has 1 aromatic rings.